The van der Waals surface area contributed by atoms with Crippen LogP contribution in [-0.4, -0.2) is 24.1 Å². The van der Waals surface area contributed by atoms with E-state index in [0.717, 1.165) is 39.8 Å². The van der Waals surface area contributed by atoms with Crippen molar-refractivity contribution in [2.24, 2.45) is 0 Å². The molecule has 104 valence electrons. The number of imidazole rings is 2. The smallest absolute Gasteiger partial charge is 0.178 e. The second-order valence-corrected chi connectivity index (χ2v) is 5.31. The second-order valence-electron chi connectivity index (χ2n) is 4.92. The minimum atomic E-state index is 0.725. The zero-order valence-corrected chi connectivity index (χ0v) is 12.0. The highest BCUT2D eigenvalue weighted by molar-refractivity contribution is 7.71. The number of nitrogens with zero attached hydrogens (tertiary/aromatic N) is 4. The molecule has 0 amide bonds. The van der Waals surface area contributed by atoms with Crippen LogP contribution in [0.2, 0.25) is 0 Å². The molecule has 5 nitrogen and oxygen atoms in total. The summed E-state index contributed by atoms with van der Waals surface area (Å²) in [4.78, 5) is 11.8. The maximum Gasteiger partial charge on any atom is 0.178 e. The number of hydrogen-bond acceptors (Lipinski definition) is 3. The standard InChI is InChI=1S/C15H13N5S/c21-15-18-13-9-17-12-4-2-1-3-11(12)14(13)20(15)8-7-19-6-5-16-10-19/h1-6,9-10H,7-8H2,(H,18,21). The lowest BCUT2D eigenvalue weighted by Crippen LogP contribution is -2.06. The van der Waals surface area contributed by atoms with Crippen LogP contribution >= 0.6 is 12.2 Å². The molecule has 4 rings (SSSR count). The lowest BCUT2D eigenvalue weighted by Gasteiger charge is -2.07. The molecule has 1 N–H and O–H groups in total. The van der Waals surface area contributed by atoms with Crippen molar-refractivity contribution in [1.82, 2.24) is 24.1 Å². The van der Waals surface area contributed by atoms with Gasteiger partial charge in [-0.25, -0.2) is 4.98 Å². The fraction of sp³-hybridized carbons (Fsp3) is 0.133. The van der Waals surface area contributed by atoms with E-state index in [1.54, 1.807) is 6.20 Å². The maximum absolute atomic E-state index is 5.47. The quantitative estimate of drug-likeness (QED) is 0.591. The molecule has 0 saturated carbocycles. The monoisotopic (exact) mass is 295 g/mol. The lowest BCUT2D eigenvalue weighted by molar-refractivity contribution is 0.585. The highest BCUT2D eigenvalue weighted by Gasteiger charge is 2.09. The molecule has 0 aliphatic heterocycles. The Morgan fingerprint density at radius 3 is 2.95 bits per heavy atom. The normalized spacial score (nSPS) is 11.4. The average molecular weight is 295 g/mol. The number of H-pyrrole nitrogens is 1. The number of fused-ring (bicyclic) bond motifs is 3. The van der Waals surface area contributed by atoms with Gasteiger partial charge in [0.15, 0.2) is 4.77 Å². The Kier molecular flexibility index (Phi) is 2.82. The van der Waals surface area contributed by atoms with E-state index in [0.29, 0.717) is 0 Å². The summed E-state index contributed by atoms with van der Waals surface area (Å²) in [5, 5.41) is 1.12. The van der Waals surface area contributed by atoms with Gasteiger partial charge in [-0.3, -0.25) is 4.98 Å². The Balaban J connectivity index is 1.88. The molecular formula is C15H13N5S. The van der Waals surface area contributed by atoms with Crippen LogP contribution in [-0.2, 0) is 13.1 Å². The van der Waals surface area contributed by atoms with Crippen LogP contribution in [0.4, 0.5) is 0 Å². The molecule has 0 bridgehead atoms. The zero-order valence-electron chi connectivity index (χ0n) is 11.2. The Labute approximate surface area is 125 Å². The van der Waals surface area contributed by atoms with Crippen LogP contribution in [0.25, 0.3) is 21.9 Å². The molecule has 1 aromatic carbocycles. The highest BCUT2D eigenvalue weighted by Crippen LogP contribution is 2.23. The van der Waals surface area contributed by atoms with Crippen molar-refractivity contribution >= 4 is 34.2 Å². The summed E-state index contributed by atoms with van der Waals surface area (Å²) in [6.45, 7) is 1.63. The van der Waals surface area contributed by atoms with Crippen molar-refractivity contribution in [3.63, 3.8) is 0 Å². The van der Waals surface area contributed by atoms with Crippen LogP contribution in [0, 0.1) is 4.77 Å². The number of para-hydroxylation sites is 1. The van der Waals surface area contributed by atoms with Crippen LogP contribution in [0.1, 0.15) is 0 Å². The third-order valence-corrected chi connectivity index (χ3v) is 3.97. The molecule has 0 fully saturated rings. The van der Waals surface area contributed by atoms with Gasteiger partial charge >= 0.3 is 0 Å². The van der Waals surface area contributed by atoms with E-state index in [1.807, 2.05) is 41.5 Å². The second kappa shape index (κ2) is 4.82. The molecule has 21 heavy (non-hydrogen) atoms. The third-order valence-electron chi connectivity index (χ3n) is 3.64. The van der Waals surface area contributed by atoms with Gasteiger partial charge in [-0.15, -0.1) is 0 Å². The minimum absolute atomic E-state index is 0.725. The molecule has 0 unspecified atom stereocenters. The topological polar surface area (TPSA) is 51.4 Å². The Morgan fingerprint density at radius 2 is 2.10 bits per heavy atom. The fourth-order valence-electron chi connectivity index (χ4n) is 2.64. The molecular weight excluding hydrogens is 282 g/mol. The fourth-order valence-corrected chi connectivity index (χ4v) is 2.93. The van der Waals surface area contributed by atoms with E-state index in [-0.39, 0.29) is 0 Å². The zero-order chi connectivity index (χ0) is 14.2. The number of nitrogens with one attached hydrogen (secondary N) is 1. The first-order valence-electron chi connectivity index (χ1n) is 6.75. The van der Waals surface area contributed by atoms with E-state index in [1.165, 1.54) is 0 Å². The van der Waals surface area contributed by atoms with E-state index in [4.69, 9.17) is 12.2 Å². The van der Waals surface area contributed by atoms with Crippen molar-refractivity contribution < 1.29 is 0 Å². The Morgan fingerprint density at radius 1 is 1.19 bits per heavy atom. The van der Waals surface area contributed by atoms with Gasteiger partial charge < -0.3 is 14.1 Å². The molecule has 0 saturated heterocycles. The van der Waals surface area contributed by atoms with Crippen molar-refractivity contribution in [2.45, 2.75) is 13.1 Å². The van der Waals surface area contributed by atoms with Gasteiger partial charge in [0.2, 0.25) is 0 Å². The maximum atomic E-state index is 5.47. The van der Waals surface area contributed by atoms with E-state index in [2.05, 4.69) is 25.6 Å². The summed E-state index contributed by atoms with van der Waals surface area (Å²) in [5.41, 5.74) is 3.07. The number of hydrogen-bond donors (Lipinski definition) is 1. The van der Waals surface area contributed by atoms with Crippen LogP contribution in [0.15, 0.2) is 49.2 Å². The van der Waals surface area contributed by atoms with E-state index in [9.17, 15) is 0 Å². The average Bonchev–Trinajstić information content (AvgIpc) is 3.12. The minimum Gasteiger partial charge on any atom is -0.336 e. The SMILES string of the molecule is S=c1[nH]c2cnc3ccccc3c2n1CCn1ccnc1. The van der Waals surface area contributed by atoms with Crippen LogP contribution in [0.3, 0.4) is 0 Å². The molecule has 0 spiro atoms. The summed E-state index contributed by atoms with van der Waals surface area (Å²) < 4.78 is 4.90. The van der Waals surface area contributed by atoms with Gasteiger partial charge in [0, 0.05) is 30.9 Å². The van der Waals surface area contributed by atoms with Crippen molar-refractivity contribution in [3.05, 3.63) is 54.0 Å². The number of benzene rings is 1. The Hall–Kier alpha value is -2.47. The van der Waals surface area contributed by atoms with Crippen molar-refractivity contribution in [3.8, 4) is 0 Å². The summed E-state index contributed by atoms with van der Waals surface area (Å²) >= 11 is 5.47. The predicted molar refractivity (Wildman–Crippen MR) is 84.7 cm³/mol. The molecule has 4 aromatic rings. The highest BCUT2D eigenvalue weighted by atomic mass is 32.1. The van der Waals surface area contributed by atoms with E-state index >= 15 is 0 Å². The van der Waals surface area contributed by atoms with Gasteiger partial charge in [0.25, 0.3) is 0 Å². The molecule has 0 aliphatic rings. The first-order chi connectivity index (χ1) is 10.3. The lowest BCUT2D eigenvalue weighted by atomic mass is 10.2. The predicted octanol–water partition coefficient (Wildman–Crippen LogP) is 3.14. The van der Waals surface area contributed by atoms with Gasteiger partial charge in [-0.1, -0.05) is 18.2 Å². The van der Waals surface area contributed by atoms with Gasteiger partial charge in [-0.2, -0.15) is 0 Å². The molecule has 0 radical (unpaired) electrons. The third kappa shape index (κ3) is 2.04. The van der Waals surface area contributed by atoms with Crippen molar-refractivity contribution in [1.29, 1.82) is 0 Å². The number of aryl methyl sites for hydroxylation is 2. The largest absolute Gasteiger partial charge is 0.336 e. The summed E-state index contributed by atoms with van der Waals surface area (Å²) in [6, 6.07) is 8.13. The molecule has 0 atom stereocenters. The van der Waals surface area contributed by atoms with Gasteiger partial charge in [0.1, 0.15) is 0 Å². The number of pyridine rings is 1. The van der Waals surface area contributed by atoms with Gasteiger partial charge in [0.05, 0.1) is 29.1 Å². The molecule has 0 aliphatic carbocycles. The Bertz CT molecular complexity index is 965. The van der Waals surface area contributed by atoms with Crippen LogP contribution in [0.5, 0.6) is 0 Å². The number of aromatic nitrogens is 5. The summed E-state index contributed by atoms with van der Waals surface area (Å²) in [6.07, 6.45) is 7.41. The molecule has 3 heterocycles. The summed E-state index contributed by atoms with van der Waals surface area (Å²) in [7, 11) is 0. The summed E-state index contributed by atoms with van der Waals surface area (Å²) in [5.74, 6) is 0. The van der Waals surface area contributed by atoms with Crippen molar-refractivity contribution in [2.75, 3.05) is 0 Å². The first kappa shape index (κ1) is 12.3. The first-order valence-corrected chi connectivity index (χ1v) is 7.16. The van der Waals surface area contributed by atoms with E-state index < -0.39 is 0 Å². The molecule has 3 aromatic heterocycles. The van der Waals surface area contributed by atoms with Crippen LogP contribution < -0.4 is 0 Å². The molecule has 6 heteroatoms. The van der Waals surface area contributed by atoms with Gasteiger partial charge in [-0.05, 0) is 18.3 Å². The number of aromatic amines is 1. The number of rotatable bonds is 3.